The minimum absolute atomic E-state index is 0.250. The van der Waals surface area contributed by atoms with Crippen molar-refractivity contribution in [2.75, 3.05) is 0 Å². The molecule has 1 aromatic carbocycles. The lowest BCUT2D eigenvalue weighted by atomic mass is 9.85. The molecule has 0 heterocycles. The highest BCUT2D eigenvalue weighted by Gasteiger charge is 2.30. The Morgan fingerprint density at radius 2 is 1.92 bits per heavy atom. The second-order valence-corrected chi connectivity index (χ2v) is 3.43. The Bertz CT molecular complexity index is 258. The highest BCUT2D eigenvalue weighted by atomic mass is 16.3. The maximum atomic E-state index is 10.2. The average Bonchev–Trinajstić information content (AvgIpc) is 2.17. The summed E-state index contributed by atoms with van der Waals surface area (Å²) in [6.45, 7) is 3.77. The molecule has 13 heavy (non-hydrogen) atoms. The summed E-state index contributed by atoms with van der Waals surface area (Å²) < 4.78 is 0. The molecule has 0 aliphatic rings. The van der Waals surface area contributed by atoms with Crippen LogP contribution < -0.4 is 5.73 Å². The quantitative estimate of drug-likeness (QED) is 0.740. The minimum atomic E-state index is -0.888. The summed E-state index contributed by atoms with van der Waals surface area (Å²) in [5, 5.41) is 10.2. The van der Waals surface area contributed by atoms with Crippen LogP contribution in [0.1, 0.15) is 25.8 Å². The fourth-order valence-corrected chi connectivity index (χ4v) is 1.52. The third kappa shape index (κ3) is 1.90. The van der Waals surface area contributed by atoms with E-state index in [1.807, 2.05) is 44.2 Å². The van der Waals surface area contributed by atoms with Gasteiger partial charge >= 0.3 is 0 Å². The monoisotopic (exact) mass is 179 g/mol. The fraction of sp³-hybridized carbons (Fsp3) is 0.455. The number of benzene rings is 1. The van der Waals surface area contributed by atoms with E-state index in [1.165, 1.54) is 0 Å². The summed E-state index contributed by atoms with van der Waals surface area (Å²) in [7, 11) is 0. The summed E-state index contributed by atoms with van der Waals surface area (Å²) in [6.07, 6.45) is 0.634. The minimum Gasteiger partial charge on any atom is -0.384 e. The van der Waals surface area contributed by atoms with Crippen LogP contribution in [0.5, 0.6) is 0 Å². The lowest BCUT2D eigenvalue weighted by Gasteiger charge is -2.31. The van der Waals surface area contributed by atoms with Crippen molar-refractivity contribution in [3.8, 4) is 0 Å². The average molecular weight is 179 g/mol. The SMILES string of the molecule is CC[C@](O)(c1ccccc1)[C@@H](C)N. The molecule has 0 aliphatic carbocycles. The normalized spacial score (nSPS) is 17.8. The van der Waals surface area contributed by atoms with E-state index in [9.17, 15) is 5.11 Å². The van der Waals surface area contributed by atoms with Gasteiger partial charge in [0.15, 0.2) is 0 Å². The largest absolute Gasteiger partial charge is 0.384 e. The molecule has 0 saturated heterocycles. The Labute approximate surface area is 79.4 Å². The zero-order valence-electron chi connectivity index (χ0n) is 8.20. The molecule has 1 rings (SSSR count). The predicted molar refractivity (Wildman–Crippen MR) is 54.3 cm³/mol. The lowest BCUT2D eigenvalue weighted by molar-refractivity contribution is 0.0111. The molecule has 72 valence electrons. The summed E-state index contributed by atoms with van der Waals surface area (Å²) in [4.78, 5) is 0. The molecule has 0 aromatic heterocycles. The van der Waals surface area contributed by atoms with Crippen molar-refractivity contribution < 1.29 is 5.11 Å². The van der Waals surface area contributed by atoms with Crippen molar-refractivity contribution in [3.63, 3.8) is 0 Å². The molecular formula is C11H17NO. The van der Waals surface area contributed by atoms with E-state index in [1.54, 1.807) is 0 Å². The summed E-state index contributed by atoms with van der Waals surface area (Å²) in [5.74, 6) is 0. The van der Waals surface area contributed by atoms with Crippen LogP contribution >= 0.6 is 0 Å². The van der Waals surface area contributed by atoms with Gasteiger partial charge in [-0.2, -0.15) is 0 Å². The van der Waals surface area contributed by atoms with E-state index < -0.39 is 5.60 Å². The van der Waals surface area contributed by atoms with Crippen LogP contribution in [0.2, 0.25) is 0 Å². The van der Waals surface area contributed by atoms with Crippen molar-refractivity contribution in [3.05, 3.63) is 35.9 Å². The smallest absolute Gasteiger partial charge is 0.104 e. The van der Waals surface area contributed by atoms with Crippen molar-refractivity contribution in [1.29, 1.82) is 0 Å². The lowest BCUT2D eigenvalue weighted by Crippen LogP contribution is -2.42. The first-order valence-corrected chi connectivity index (χ1v) is 4.64. The third-order valence-electron chi connectivity index (χ3n) is 2.57. The number of nitrogens with two attached hydrogens (primary N) is 1. The Morgan fingerprint density at radius 3 is 2.31 bits per heavy atom. The van der Waals surface area contributed by atoms with E-state index in [0.29, 0.717) is 6.42 Å². The van der Waals surface area contributed by atoms with Gasteiger partial charge < -0.3 is 10.8 Å². The van der Waals surface area contributed by atoms with Gasteiger partial charge in [0, 0.05) is 6.04 Å². The topological polar surface area (TPSA) is 46.2 Å². The molecule has 0 fully saturated rings. The zero-order valence-corrected chi connectivity index (χ0v) is 8.20. The second kappa shape index (κ2) is 3.90. The Balaban J connectivity index is 3.03. The Kier molecular flexibility index (Phi) is 3.07. The molecule has 3 N–H and O–H groups in total. The fourth-order valence-electron chi connectivity index (χ4n) is 1.52. The number of aliphatic hydroxyl groups is 1. The Hall–Kier alpha value is -0.860. The molecule has 0 amide bonds. The molecule has 0 saturated carbocycles. The van der Waals surface area contributed by atoms with Gasteiger partial charge in [-0.05, 0) is 18.9 Å². The first kappa shape index (κ1) is 10.2. The van der Waals surface area contributed by atoms with E-state index in [-0.39, 0.29) is 6.04 Å². The van der Waals surface area contributed by atoms with E-state index in [0.717, 1.165) is 5.56 Å². The van der Waals surface area contributed by atoms with E-state index in [4.69, 9.17) is 5.73 Å². The molecule has 2 heteroatoms. The van der Waals surface area contributed by atoms with Crippen molar-refractivity contribution in [1.82, 2.24) is 0 Å². The molecular weight excluding hydrogens is 162 g/mol. The molecule has 0 unspecified atom stereocenters. The van der Waals surface area contributed by atoms with Crippen LogP contribution in [0.3, 0.4) is 0 Å². The van der Waals surface area contributed by atoms with Gasteiger partial charge in [0.25, 0.3) is 0 Å². The van der Waals surface area contributed by atoms with Crippen molar-refractivity contribution >= 4 is 0 Å². The van der Waals surface area contributed by atoms with E-state index in [2.05, 4.69) is 0 Å². The van der Waals surface area contributed by atoms with Crippen LogP contribution in [0.15, 0.2) is 30.3 Å². The van der Waals surface area contributed by atoms with Gasteiger partial charge in [-0.1, -0.05) is 37.3 Å². The summed E-state index contributed by atoms with van der Waals surface area (Å²) >= 11 is 0. The number of hydrogen-bond acceptors (Lipinski definition) is 2. The molecule has 1 aromatic rings. The number of hydrogen-bond donors (Lipinski definition) is 2. The molecule has 2 atom stereocenters. The summed E-state index contributed by atoms with van der Waals surface area (Å²) in [6, 6.07) is 9.33. The maximum absolute atomic E-state index is 10.2. The molecule has 0 bridgehead atoms. The Morgan fingerprint density at radius 1 is 1.38 bits per heavy atom. The highest BCUT2D eigenvalue weighted by molar-refractivity contribution is 5.23. The second-order valence-electron chi connectivity index (χ2n) is 3.43. The first-order valence-electron chi connectivity index (χ1n) is 4.64. The van der Waals surface area contributed by atoms with Gasteiger partial charge in [0.05, 0.1) is 0 Å². The summed E-state index contributed by atoms with van der Waals surface area (Å²) in [5.41, 5.74) is 5.77. The third-order valence-corrected chi connectivity index (χ3v) is 2.57. The zero-order chi connectivity index (χ0) is 9.90. The van der Waals surface area contributed by atoms with Gasteiger partial charge in [0.1, 0.15) is 5.60 Å². The van der Waals surface area contributed by atoms with Gasteiger partial charge in [0.2, 0.25) is 0 Å². The standard InChI is InChI=1S/C11H17NO/c1-3-11(13,9(2)12)10-7-5-4-6-8-10/h4-9,13H,3,12H2,1-2H3/t9-,11-/m1/s1. The predicted octanol–water partition coefficient (Wildman–Crippen LogP) is 1.63. The van der Waals surface area contributed by atoms with Gasteiger partial charge in [-0.3, -0.25) is 0 Å². The van der Waals surface area contributed by atoms with Crippen molar-refractivity contribution in [2.45, 2.75) is 31.9 Å². The molecule has 2 nitrogen and oxygen atoms in total. The highest BCUT2D eigenvalue weighted by Crippen LogP contribution is 2.27. The van der Waals surface area contributed by atoms with Gasteiger partial charge in [-0.25, -0.2) is 0 Å². The van der Waals surface area contributed by atoms with Crippen LogP contribution in [0, 0.1) is 0 Å². The number of rotatable bonds is 3. The van der Waals surface area contributed by atoms with Crippen molar-refractivity contribution in [2.24, 2.45) is 5.73 Å². The van der Waals surface area contributed by atoms with Crippen LogP contribution in [0.4, 0.5) is 0 Å². The molecule has 0 spiro atoms. The maximum Gasteiger partial charge on any atom is 0.104 e. The van der Waals surface area contributed by atoms with E-state index >= 15 is 0 Å². The van der Waals surface area contributed by atoms with Crippen LogP contribution in [-0.2, 0) is 5.60 Å². The first-order chi connectivity index (χ1) is 6.11. The van der Waals surface area contributed by atoms with Crippen LogP contribution in [-0.4, -0.2) is 11.1 Å². The van der Waals surface area contributed by atoms with Gasteiger partial charge in [-0.15, -0.1) is 0 Å². The molecule has 0 radical (unpaired) electrons. The molecule has 0 aliphatic heterocycles. The van der Waals surface area contributed by atoms with Crippen LogP contribution in [0.25, 0.3) is 0 Å².